The molecule has 4 aliphatic carbocycles. The van der Waals surface area contributed by atoms with Crippen LogP contribution in [0.5, 0.6) is 0 Å². The number of esters is 1. The van der Waals surface area contributed by atoms with Gasteiger partial charge in [-0.1, -0.05) is 53.9 Å². The Kier molecular flexibility index (Phi) is 6.84. The molecule has 188 valence electrons. The van der Waals surface area contributed by atoms with Gasteiger partial charge in [-0.2, -0.15) is 0 Å². The molecule has 1 N–H and O–H groups in total. The number of rotatable bonds is 6. The molecule has 0 amide bonds. The molecule has 4 heteroatoms. The predicted molar refractivity (Wildman–Crippen MR) is 130 cm³/mol. The Morgan fingerprint density at radius 2 is 1.79 bits per heavy atom. The van der Waals surface area contributed by atoms with Crippen molar-refractivity contribution < 1.29 is 19.4 Å². The highest BCUT2D eigenvalue weighted by Gasteiger charge is 2.68. The Morgan fingerprint density at radius 1 is 1.06 bits per heavy atom. The number of carbonyl (C=O) groups is 2. The van der Waals surface area contributed by atoms with Gasteiger partial charge in [0, 0.05) is 18.8 Å². The molecule has 0 aromatic carbocycles. The average Bonchev–Trinajstić information content (AvgIpc) is 3.07. The summed E-state index contributed by atoms with van der Waals surface area (Å²) < 4.78 is 5.61. The minimum absolute atomic E-state index is 0.0604. The molecule has 0 heterocycles. The van der Waals surface area contributed by atoms with Gasteiger partial charge in [-0.3, -0.25) is 9.59 Å². The monoisotopic (exact) mass is 460 g/mol. The van der Waals surface area contributed by atoms with Crippen LogP contribution in [0.15, 0.2) is 0 Å². The molecule has 33 heavy (non-hydrogen) atoms. The second-order valence-corrected chi connectivity index (χ2v) is 13.3. The number of ketones is 1. The number of ether oxygens (including phenoxy) is 1. The van der Waals surface area contributed by atoms with Gasteiger partial charge in [-0.15, -0.1) is 0 Å². The molecule has 4 nitrogen and oxygen atoms in total. The third-order valence-electron chi connectivity index (χ3n) is 11.1. The van der Waals surface area contributed by atoms with Gasteiger partial charge < -0.3 is 9.84 Å². The summed E-state index contributed by atoms with van der Waals surface area (Å²) in [6.45, 7) is 13.2. The summed E-state index contributed by atoms with van der Waals surface area (Å²) >= 11 is 0. The number of Topliss-reactive ketones (excluding diaryl/α,β-unsaturated/α-hetero) is 1. The van der Waals surface area contributed by atoms with Crippen LogP contribution in [0.4, 0.5) is 0 Å². The summed E-state index contributed by atoms with van der Waals surface area (Å²) in [7, 11) is 0. The molecule has 0 aromatic rings. The Bertz CT molecular complexity index is 761. The van der Waals surface area contributed by atoms with E-state index in [2.05, 4.69) is 34.6 Å². The molecule has 0 radical (unpaired) electrons. The van der Waals surface area contributed by atoms with E-state index in [9.17, 15) is 14.7 Å². The standard InChI is InChI=1S/C29H48O4/c1-18(2)8-7-9-19(3)23-10-11-24-22-16-26(31)29(32)15-12-21(33-20(4)30)17-28(29,6)25(22)13-14-27(23,24)5/h18-19,21-25,32H,7-17H2,1-6H3/t19-,21?,22+,23-,24+,25+,27-,28-,29+/m1/s1. The Morgan fingerprint density at radius 3 is 2.45 bits per heavy atom. The lowest BCUT2D eigenvalue weighted by Gasteiger charge is -2.63. The highest BCUT2D eigenvalue weighted by atomic mass is 16.5. The van der Waals surface area contributed by atoms with Crippen LogP contribution in [0.1, 0.15) is 112 Å². The highest BCUT2D eigenvalue weighted by molar-refractivity contribution is 5.89. The van der Waals surface area contributed by atoms with Gasteiger partial charge >= 0.3 is 5.97 Å². The maximum absolute atomic E-state index is 13.5. The first-order chi connectivity index (χ1) is 15.4. The van der Waals surface area contributed by atoms with E-state index in [4.69, 9.17) is 4.74 Å². The quantitative estimate of drug-likeness (QED) is 0.470. The van der Waals surface area contributed by atoms with Crippen LogP contribution >= 0.6 is 0 Å². The first-order valence-corrected chi connectivity index (χ1v) is 13.8. The van der Waals surface area contributed by atoms with Crippen molar-refractivity contribution in [1.29, 1.82) is 0 Å². The summed E-state index contributed by atoms with van der Waals surface area (Å²) in [5, 5.41) is 11.7. The molecule has 0 spiro atoms. The maximum Gasteiger partial charge on any atom is 0.302 e. The topological polar surface area (TPSA) is 63.6 Å². The molecular weight excluding hydrogens is 412 g/mol. The van der Waals surface area contributed by atoms with Gasteiger partial charge in [0.15, 0.2) is 5.78 Å². The minimum atomic E-state index is -1.25. The molecule has 4 saturated carbocycles. The van der Waals surface area contributed by atoms with Crippen LogP contribution in [0.25, 0.3) is 0 Å². The number of carbonyl (C=O) groups excluding carboxylic acids is 2. The summed E-state index contributed by atoms with van der Waals surface area (Å²) in [5.74, 6) is 3.35. The smallest absolute Gasteiger partial charge is 0.302 e. The van der Waals surface area contributed by atoms with Gasteiger partial charge in [0.1, 0.15) is 11.7 Å². The summed E-state index contributed by atoms with van der Waals surface area (Å²) in [6, 6.07) is 0. The fraction of sp³-hybridized carbons (Fsp3) is 0.931. The molecule has 4 aliphatic rings. The fourth-order valence-electron chi connectivity index (χ4n) is 9.42. The van der Waals surface area contributed by atoms with Crippen LogP contribution in [-0.4, -0.2) is 28.6 Å². The molecule has 4 rings (SSSR count). The number of aliphatic hydroxyl groups is 1. The predicted octanol–water partition coefficient (Wildman–Crippen LogP) is 6.33. The Balaban J connectivity index is 1.55. The fourth-order valence-corrected chi connectivity index (χ4v) is 9.42. The lowest BCUT2D eigenvalue weighted by atomic mass is 9.42. The van der Waals surface area contributed by atoms with Crippen molar-refractivity contribution in [3.05, 3.63) is 0 Å². The van der Waals surface area contributed by atoms with Crippen molar-refractivity contribution in [2.24, 2.45) is 46.3 Å². The van der Waals surface area contributed by atoms with Gasteiger partial charge in [0.2, 0.25) is 0 Å². The van der Waals surface area contributed by atoms with Crippen molar-refractivity contribution in [2.45, 2.75) is 124 Å². The van der Waals surface area contributed by atoms with E-state index in [1.807, 2.05) is 0 Å². The van der Waals surface area contributed by atoms with Crippen molar-refractivity contribution >= 4 is 11.8 Å². The van der Waals surface area contributed by atoms with Gasteiger partial charge in [0.25, 0.3) is 0 Å². The zero-order valence-corrected chi connectivity index (χ0v) is 22.0. The molecule has 0 bridgehead atoms. The van der Waals surface area contributed by atoms with E-state index in [0.29, 0.717) is 48.9 Å². The summed E-state index contributed by atoms with van der Waals surface area (Å²) in [5.41, 5.74) is -1.43. The van der Waals surface area contributed by atoms with Crippen LogP contribution < -0.4 is 0 Å². The summed E-state index contributed by atoms with van der Waals surface area (Å²) in [6.07, 6.45) is 10.8. The normalized spacial score (nSPS) is 45.8. The van der Waals surface area contributed by atoms with Crippen LogP contribution in [0.3, 0.4) is 0 Å². The Labute approximate surface area is 201 Å². The molecule has 1 unspecified atom stereocenters. The van der Waals surface area contributed by atoms with Crippen LogP contribution in [0.2, 0.25) is 0 Å². The molecule has 4 fully saturated rings. The largest absolute Gasteiger partial charge is 0.463 e. The molecule has 0 aromatic heterocycles. The van der Waals surface area contributed by atoms with Gasteiger partial charge in [-0.25, -0.2) is 0 Å². The van der Waals surface area contributed by atoms with Crippen molar-refractivity contribution in [2.75, 3.05) is 0 Å². The van der Waals surface area contributed by atoms with Crippen molar-refractivity contribution in [3.63, 3.8) is 0 Å². The van der Waals surface area contributed by atoms with Crippen molar-refractivity contribution in [1.82, 2.24) is 0 Å². The highest BCUT2D eigenvalue weighted by Crippen LogP contribution is 2.68. The number of hydrogen-bond donors (Lipinski definition) is 1. The third kappa shape index (κ3) is 4.10. The van der Waals surface area contributed by atoms with E-state index in [1.54, 1.807) is 0 Å². The first-order valence-electron chi connectivity index (χ1n) is 13.8. The second-order valence-electron chi connectivity index (χ2n) is 13.3. The van der Waals surface area contributed by atoms with Crippen molar-refractivity contribution in [3.8, 4) is 0 Å². The van der Waals surface area contributed by atoms with E-state index in [1.165, 1.54) is 45.4 Å². The third-order valence-corrected chi connectivity index (χ3v) is 11.1. The Hall–Kier alpha value is -0.900. The first kappa shape index (κ1) is 25.2. The SMILES string of the molecule is CC(=O)OC1CC[C@]2(O)C(=O)C[C@H]3[C@@H]4CC[C@H]([C@H](C)CCCC(C)C)[C@@]4(C)CC[C@@H]3[C@@]2(C)C1. The van der Waals surface area contributed by atoms with Crippen LogP contribution in [-0.2, 0) is 14.3 Å². The van der Waals surface area contributed by atoms with E-state index < -0.39 is 11.0 Å². The summed E-state index contributed by atoms with van der Waals surface area (Å²) in [4.78, 5) is 25.2. The molecule has 9 atom stereocenters. The maximum atomic E-state index is 13.5. The van der Waals surface area contributed by atoms with Gasteiger partial charge in [0.05, 0.1) is 0 Å². The van der Waals surface area contributed by atoms with E-state index in [0.717, 1.165) is 24.2 Å². The lowest BCUT2D eigenvalue weighted by molar-refractivity contribution is -0.216. The van der Waals surface area contributed by atoms with E-state index >= 15 is 0 Å². The molecule has 0 aliphatic heterocycles. The number of hydrogen-bond acceptors (Lipinski definition) is 4. The van der Waals surface area contributed by atoms with E-state index in [-0.39, 0.29) is 17.9 Å². The molecule has 0 saturated heterocycles. The number of fused-ring (bicyclic) bond motifs is 5. The molecular formula is C29H48O4. The minimum Gasteiger partial charge on any atom is -0.463 e. The second kappa shape index (κ2) is 8.95. The van der Waals surface area contributed by atoms with Gasteiger partial charge in [-0.05, 0) is 85.9 Å². The average molecular weight is 461 g/mol. The zero-order valence-electron chi connectivity index (χ0n) is 22.0. The van der Waals surface area contributed by atoms with Crippen LogP contribution in [0, 0.1) is 46.3 Å². The zero-order chi connectivity index (χ0) is 24.2. The lowest BCUT2D eigenvalue weighted by Crippen LogP contribution is -2.67.